The first-order valence-electron chi connectivity index (χ1n) is 9.83. The predicted octanol–water partition coefficient (Wildman–Crippen LogP) is 5.10. The SMILES string of the molecule is COc1cc(-c2ncc(F)c(Nc3ccc4cc(C)cc(N)c4c3)n2)cc(OC)c1OC. The van der Waals surface area contributed by atoms with Crippen LogP contribution in [0.15, 0.2) is 48.7 Å². The van der Waals surface area contributed by atoms with Gasteiger partial charge >= 0.3 is 0 Å². The maximum absolute atomic E-state index is 14.5. The van der Waals surface area contributed by atoms with Gasteiger partial charge < -0.3 is 25.3 Å². The van der Waals surface area contributed by atoms with Crippen LogP contribution in [0.1, 0.15) is 5.56 Å². The Hall–Kier alpha value is -4.07. The molecule has 0 fully saturated rings. The summed E-state index contributed by atoms with van der Waals surface area (Å²) in [5, 5.41) is 4.91. The smallest absolute Gasteiger partial charge is 0.203 e. The molecular formula is C24H23FN4O3. The summed E-state index contributed by atoms with van der Waals surface area (Å²) < 4.78 is 30.7. The zero-order valence-corrected chi connectivity index (χ0v) is 18.2. The summed E-state index contributed by atoms with van der Waals surface area (Å²) in [5.74, 6) is 1.09. The molecule has 1 aromatic heterocycles. The van der Waals surface area contributed by atoms with E-state index in [1.54, 1.807) is 12.1 Å². The number of aromatic nitrogens is 2. The van der Waals surface area contributed by atoms with Crippen molar-refractivity contribution in [3.63, 3.8) is 0 Å². The molecule has 0 spiro atoms. The summed E-state index contributed by atoms with van der Waals surface area (Å²) in [6.07, 6.45) is 1.12. The first-order chi connectivity index (χ1) is 15.4. The lowest BCUT2D eigenvalue weighted by molar-refractivity contribution is 0.324. The highest BCUT2D eigenvalue weighted by molar-refractivity contribution is 5.96. The van der Waals surface area contributed by atoms with Gasteiger partial charge in [0, 0.05) is 22.3 Å². The number of nitrogens with one attached hydrogen (secondary N) is 1. The molecular weight excluding hydrogens is 411 g/mol. The Balaban J connectivity index is 1.73. The molecule has 32 heavy (non-hydrogen) atoms. The van der Waals surface area contributed by atoms with Crippen LogP contribution in [0.2, 0.25) is 0 Å². The average molecular weight is 434 g/mol. The molecule has 7 nitrogen and oxygen atoms in total. The molecule has 0 aliphatic rings. The molecule has 0 saturated carbocycles. The van der Waals surface area contributed by atoms with Gasteiger partial charge in [-0.2, -0.15) is 0 Å². The monoisotopic (exact) mass is 434 g/mol. The van der Waals surface area contributed by atoms with Crippen LogP contribution in [-0.2, 0) is 0 Å². The van der Waals surface area contributed by atoms with Crippen molar-refractivity contribution in [1.82, 2.24) is 9.97 Å². The number of nitrogens with zero attached hydrogens (tertiary/aromatic N) is 2. The number of aryl methyl sites for hydroxylation is 1. The maximum atomic E-state index is 14.5. The molecule has 1 heterocycles. The highest BCUT2D eigenvalue weighted by Gasteiger charge is 2.17. The van der Waals surface area contributed by atoms with Crippen molar-refractivity contribution in [2.45, 2.75) is 6.92 Å². The Morgan fingerprint density at radius 2 is 1.66 bits per heavy atom. The van der Waals surface area contributed by atoms with E-state index in [-0.39, 0.29) is 5.82 Å². The summed E-state index contributed by atoms with van der Waals surface area (Å²) in [7, 11) is 4.56. The van der Waals surface area contributed by atoms with Crippen LogP contribution < -0.4 is 25.3 Å². The lowest BCUT2D eigenvalue weighted by Gasteiger charge is -2.14. The predicted molar refractivity (Wildman–Crippen MR) is 123 cm³/mol. The minimum Gasteiger partial charge on any atom is -0.493 e. The number of hydrogen-bond acceptors (Lipinski definition) is 7. The van der Waals surface area contributed by atoms with E-state index >= 15 is 0 Å². The van der Waals surface area contributed by atoms with Gasteiger partial charge in [-0.15, -0.1) is 0 Å². The van der Waals surface area contributed by atoms with Crippen molar-refractivity contribution < 1.29 is 18.6 Å². The number of halogens is 1. The van der Waals surface area contributed by atoms with E-state index in [1.807, 2.05) is 37.3 Å². The fraction of sp³-hybridized carbons (Fsp3) is 0.167. The van der Waals surface area contributed by atoms with Crippen molar-refractivity contribution >= 4 is 28.0 Å². The summed E-state index contributed by atoms with van der Waals surface area (Å²) in [5.41, 5.74) is 9.14. The van der Waals surface area contributed by atoms with Gasteiger partial charge in [0.1, 0.15) is 0 Å². The van der Waals surface area contributed by atoms with Gasteiger partial charge in [0.15, 0.2) is 29.0 Å². The second-order valence-corrected chi connectivity index (χ2v) is 7.22. The zero-order chi connectivity index (χ0) is 22.8. The Kier molecular flexibility index (Phi) is 5.68. The van der Waals surface area contributed by atoms with E-state index in [9.17, 15) is 4.39 Å². The van der Waals surface area contributed by atoms with Crippen LogP contribution in [0.4, 0.5) is 21.6 Å². The average Bonchev–Trinajstić information content (AvgIpc) is 2.79. The van der Waals surface area contributed by atoms with Gasteiger partial charge in [0.05, 0.1) is 27.5 Å². The minimum absolute atomic E-state index is 0.0359. The van der Waals surface area contributed by atoms with Crippen molar-refractivity contribution in [1.29, 1.82) is 0 Å². The molecule has 3 N–H and O–H groups in total. The Bertz CT molecular complexity index is 1290. The van der Waals surface area contributed by atoms with Gasteiger partial charge in [0.25, 0.3) is 0 Å². The Morgan fingerprint density at radius 3 is 2.31 bits per heavy atom. The summed E-state index contributed by atoms with van der Waals surface area (Å²) in [4.78, 5) is 8.51. The van der Waals surface area contributed by atoms with E-state index in [1.165, 1.54) is 21.3 Å². The van der Waals surface area contributed by atoms with Gasteiger partial charge in [-0.25, -0.2) is 14.4 Å². The van der Waals surface area contributed by atoms with Crippen LogP contribution >= 0.6 is 0 Å². The number of benzene rings is 3. The molecule has 0 saturated heterocycles. The number of nitrogen functional groups attached to an aromatic ring is 1. The number of ether oxygens (including phenoxy) is 3. The topological polar surface area (TPSA) is 91.5 Å². The molecule has 4 aromatic rings. The molecule has 0 bridgehead atoms. The van der Waals surface area contributed by atoms with E-state index in [4.69, 9.17) is 19.9 Å². The van der Waals surface area contributed by atoms with Crippen molar-refractivity contribution in [3.8, 4) is 28.6 Å². The fourth-order valence-electron chi connectivity index (χ4n) is 3.56. The number of methoxy groups -OCH3 is 3. The first-order valence-corrected chi connectivity index (χ1v) is 9.83. The third-order valence-electron chi connectivity index (χ3n) is 5.06. The van der Waals surface area contributed by atoms with Gasteiger partial charge in [0.2, 0.25) is 5.75 Å². The fourth-order valence-corrected chi connectivity index (χ4v) is 3.56. The van der Waals surface area contributed by atoms with Crippen LogP contribution in [0, 0.1) is 12.7 Å². The summed E-state index contributed by atoms with van der Waals surface area (Å²) in [6.45, 7) is 1.99. The largest absolute Gasteiger partial charge is 0.493 e. The maximum Gasteiger partial charge on any atom is 0.203 e. The molecule has 0 unspecified atom stereocenters. The molecule has 0 aliphatic heterocycles. The zero-order valence-electron chi connectivity index (χ0n) is 18.2. The third kappa shape index (κ3) is 3.94. The lowest BCUT2D eigenvalue weighted by atomic mass is 10.0. The standard InChI is InChI=1S/C24H23FN4O3/c1-13-7-14-5-6-16(11-17(14)19(26)8-13)28-24-18(25)12-27-23(29-24)15-9-20(30-2)22(32-4)21(10-15)31-3/h5-12H,26H2,1-4H3,(H,27,28,29). The van der Waals surface area contributed by atoms with E-state index in [0.29, 0.717) is 40.0 Å². The molecule has 3 aromatic carbocycles. The molecule has 164 valence electrons. The highest BCUT2D eigenvalue weighted by Crippen LogP contribution is 2.40. The number of anilines is 3. The van der Waals surface area contributed by atoms with Crippen molar-refractivity contribution in [3.05, 3.63) is 60.0 Å². The number of nitrogens with two attached hydrogens (primary N) is 1. The molecule has 0 atom stereocenters. The van der Waals surface area contributed by atoms with Gasteiger partial charge in [-0.05, 0) is 48.2 Å². The molecule has 4 rings (SSSR count). The van der Waals surface area contributed by atoms with Crippen LogP contribution in [-0.4, -0.2) is 31.3 Å². The first kappa shape index (κ1) is 21.2. The summed E-state index contributed by atoms with van der Waals surface area (Å²) in [6, 6.07) is 13.0. The molecule has 8 heteroatoms. The lowest BCUT2D eigenvalue weighted by Crippen LogP contribution is -2.02. The van der Waals surface area contributed by atoms with Crippen molar-refractivity contribution in [2.24, 2.45) is 0 Å². The molecule has 0 amide bonds. The third-order valence-corrected chi connectivity index (χ3v) is 5.06. The highest BCUT2D eigenvalue weighted by atomic mass is 19.1. The van der Waals surface area contributed by atoms with Crippen molar-refractivity contribution in [2.75, 3.05) is 32.4 Å². The van der Waals surface area contributed by atoms with Crippen LogP contribution in [0.3, 0.4) is 0 Å². The minimum atomic E-state index is -0.585. The second-order valence-electron chi connectivity index (χ2n) is 7.22. The van der Waals surface area contributed by atoms with Crippen LogP contribution in [0.25, 0.3) is 22.2 Å². The van der Waals surface area contributed by atoms with Crippen LogP contribution in [0.5, 0.6) is 17.2 Å². The molecule has 0 aliphatic carbocycles. The van der Waals surface area contributed by atoms with Gasteiger partial charge in [-0.3, -0.25) is 0 Å². The number of hydrogen-bond donors (Lipinski definition) is 2. The Labute approximate surface area is 185 Å². The summed E-state index contributed by atoms with van der Waals surface area (Å²) >= 11 is 0. The molecule has 0 radical (unpaired) electrons. The number of rotatable bonds is 6. The normalized spacial score (nSPS) is 10.8. The second kappa shape index (κ2) is 8.58. The van der Waals surface area contributed by atoms with E-state index in [2.05, 4.69) is 15.3 Å². The van der Waals surface area contributed by atoms with E-state index in [0.717, 1.165) is 22.5 Å². The quantitative estimate of drug-likeness (QED) is 0.408. The van der Waals surface area contributed by atoms with E-state index < -0.39 is 5.82 Å². The Morgan fingerprint density at radius 1 is 0.938 bits per heavy atom. The number of fused-ring (bicyclic) bond motifs is 1. The van der Waals surface area contributed by atoms with Gasteiger partial charge in [-0.1, -0.05) is 12.1 Å².